The van der Waals surface area contributed by atoms with E-state index in [9.17, 15) is 4.79 Å². The van der Waals surface area contributed by atoms with Crippen LogP contribution in [-0.4, -0.2) is 31.2 Å². The molecule has 0 radical (unpaired) electrons. The Balaban J connectivity index is 2.08. The average molecular weight is 242 g/mol. The summed E-state index contributed by atoms with van der Waals surface area (Å²) in [5.41, 5.74) is 5.91. The lowest BCUT2D eigenvalue weighted by Crippen LogP contribution is -2.42. The number of ether oxygens (including phenoxy) is 1. The number of rotatable bonds is 8. The number of carbonyl (C=O) groups excluding carboxylic acids is 1. The Morgan fingerprint density at radius 3 is 2.59 bits per heavy atom. The van der Waals surface area contributed by atoms with Gasteiger partial charge in [0, 0.05) is 19.2 Å². The first-order valence-corrected chi connectivity index (χ1v) is 6.65. The van der Waals surface area contributed by atoms with Gasteiger partial charge in [-0.05, 0) is 38.0 Å². The molecule has 0 spiro atoms. The maximum absolute atomic E-state index is 11.7. The molecule has 0 aliphatic heterocycles. The fourth-order valence-electron chi connectivity index (χ4n) is 1.61. The number of hydrogen-bond donors (Lipinski definition) is 2. The van der Waals surface area contributed by atoms with Crippen LogP contribution in [0.4, 0.5) is 0 Å². The van der Waals surface area contributed by atoms with Crippen LogP contribution in [0.25, 0.3) is 0 Å². The Labute approximate surface area is 104 Å². The summed E-state index contributed by atoms with van der Waals surface area (Å²) in [5, 5.41) is 2.85. The van der Waals surface area contributed by atoms with E-state index in [-0.39, 0.29) is 18.1 Å². The Bertz CT molecular complexity index is 240. The minimum atomic E-state index is -0.375. The lowest BCUT2D eigenvalue weighted by Gasteiger charge is -2.16. The summed E-state index contributed by atoms with van der Waals surface area (Å²) in [6.45, 7) is 7.28. The Morgan fingerprint density at radius 1 is 1.41 bits per heavy atom. The first-order chi connectivity index (χ1) is 8.00. The van der Waals surface area contributed by atoms with Crippen LogP contribution in [-0.2, 0) is 9.53 Å². The fraction of sp³-hybridized carbons (Fsp3) is 0.923. The quantitative estimate of drug-likeness (QED) is 0.674. The molecule has 1 amide bonds. The van der Waals surface area contributed by atoms with Gasteiger partial charge in [-0.15, -0.1) is 0 Å². The van der Waals surface area contributed by atoms with Gasteiger partial charge >= 0.3 is 0 Å². The maximum atomic E-state index is 11.7. The number of hydrogen-bond acceptors (Lipinski definition) is 3. The third-order valence-corrected chi connectivity index (χ3v) is 3.17. The highest BCUT2D eigenvalue weighted by Crippen LogP contribution is 2.31. The van der Waals surface area contributed by atoms with Crippen LogP contribution in [0.2, 0.25) is 0 Å². The molecular weight excluding hydrogens is 216 g/mol. The van der Waals surface area contributed by atoms with Crippen LogP contribution in [0.15, 0.2) is 0 Å². The summed E-state index contributed by atoms with van der Waals surface area (Å²) in [5.74, 6) is 1.17. The predicted octanol–water partition coefficient (Wildman–Crippen LogP) is 1.29. The second-order valence-electron chi connectivity index (χ2n) is 5.44. The Morgan fingerprint density at radius 2 is 2.06 bits per heavy atom. The number of amides is 1. The molecular formula is C13H26N2O2. The number of nitrogens with one attached hydrogen (secondary N) is 1. The van der Waals surface area contributed by atoms with Crippen molar-refractivity contribution >= 4 is 5.91 Å². The van der Waals surface area contributed by atoms with Gasteiger partial charge in [0.15, 0.2) is 0 Å². The van der Waals surface area contributed by atoms with Crippen molar-refractivity contribution in [3.05, 3.63) is 0 Å². The SMILES string of the molecule is CC(C)CCOC(C)C(=O)NCC(N)C1CC1. The van der Waals surface area contributed by atoms with Crippen molar-refractivity contribution in [2.24, 2.45) is 17.6 Å². The fourth-order valence-corrected chi connectivity index (χ4v) is 1.61. The van der Waals surface area contributed by atoms with Gasteiger partial charge in [0.1, 0.15) is 6.10 Å². The third kappa shape index (κ3) is 6.03. The molecule has 1 fully saturated rings. The summed E-state index contributed by atoms with van der Waals surface area (Å²) in [6, 6.07) is 0.113. The van der Waals surface area contributed by atoms with Crippen molar-refractivity contribution in [3.8, 4) is 0 Å². The summed E-state index contributed by atoms with van der Waals surface area (Å²) in [4.78, 5) is 11.7. The van der Waals surface area contributed by atoms with Crippen LogP contribution in [0.1, 0.15) is 40.0 Å². The topological polar surface area (TPSA) is 64.3 Å². The zero-order valence-corrected chi connectivity index (χ0v) is 11.2. The Kier molecular flexibility index (Phi) is 5.92. The number of nitrogens with two attached hydrogens (primary N) is 1. The van der Waals surface area contributed by atoms with Gasteiger partial charge in [-0.1, -0.05) is 13.8 Å². The molecule has 2 atom stereocenters. The summed E-state index contributed by atoms with van der Waals surface area (Å²) in [7, 11) is 0. The molecule has 3 N–H and O–H groups in total. The lowest BCUT2D eigenvalue weighted by atomic mass is 10.1. The summed E-state index contributed by atoms with van der Waals surface area (Å²) >= 11 is 0. The molecule has 1 aliphatic rings. The molecule has 0 bridgehead atoms. The van der Waals surface area contributed by atoms with Crippen LogP contribution >= 0.6 is 0 Å². The van der Waals surface area contributed by atoms with E-state index in [1.807, 2.05) is 0 Å². The number of carbonyl (C=O) groups is 1. The van der Waals surface area contributed by atoms with E-state index in [2.05, 4.69) is 19.2 Å². The van der Waals surface area contributed by atoms with Crippen LogP contribution < -0.4 is 11.1 Å². The lowest BCUT2D eigenvalue weighted by molar-refractivity contribution is -0.132. The zero-order valence-electron chi connectivity index (χ0n) is 11.2. The van der Waals surface area contributed by atoms with Gasteiger partial charge in [-0.2, -0.15) is 0 Å². The average Bonchev–Trinajstić information content (AvgIpc) is 3.08. The highest BCUT2D eigenvalue weighted by atomic mass is 16.5. The molecule has 0 aromatic rings. The van der Waals surface area contributed by atoms with E-state index in [4.69, 9.17) is 10.5 Å². The molecule has 0 aromatic carbocycles. The van der Waals surface area contributed by atoms with Crippen LogP contribution in [0, 0.1) is 11.8 Å². The minimum Gasteiger partial charge on any atom is -0.369 e. The van der Waals surface area contributed by atoms with Gasteiger partial charge in [0.05, 0.1) is 0 Å². The van der Waals surface area contributed by atoms with Crippen LogP contribution in [0.5, 0.6) is 0 Å². The van der Waals surface area contributed by atoms with Gasteiger partial charge in [-0.3, -0.25) is 4.79 Å². The second-order valence-corrected chi connectivity index (χ2v) is 5.44. The molecule has 0 aromatic heterocycles. The van der Waals surface area contributed by atoms with Crippen molar-refractivity contribution < 1.29 is 9.53 Å². The molecule has 1 rings (SSSR count). The first-order valence-electron chi connectivity index (χ1n) is 6.65. The van der Waals surface area contributed by atoms with Gasteiger partial charge in [0.2, 0.25) is 5.91 Å². The summed E-state index contributed by atoms with van der Waals surface area (Å²) in [6.07, 6.45) is 3.02. The van der Waals surface area contributed by atoms with E-state index >= 15 is 0 Å². The standard InChI is InChI=1S/C13H26N2O2/c1-9(2)6-7-17-10(3)13(16)15-8-12(14)11-4-5-11/h9-12H,4-8,14H2,1-3H3,(H,15,16). The third-order valence-electron chi connectivity index (χ3n) is 3.17. The largest absolute Gasteiger partial charge is 0.369 e. The summed E-state index contributed by atoms with van der Waals surface area (Å²) < 4.78 is 5.47. The molecule has 100 valence electrons. The second kappa shape index (κ2) is 6.97. The molecule has 4 nitrogen and oxygen atoms in total. The van der Waals surface area contributed by atoms with Gasteiger partial charge in [-0.25, -0.2) is 0 Å². The molecule has 2 unspecified atom stereocenters. The molecule has 4 heteroatoms. The van der Waals surface area contributed by atoms with Crippen molar-refractivity contribution in [3.63, 3.8) is 0 Å². The molecule has 0 saturated heterocycles. The van der Waals surface area contributed by atoms with Gasteiger partial charge in [0.25, 0.3) is 0 Å². The van der Waals surface area contributed by atoms with Crippen molar-refractivity contribution in [2.75, 3.05) is 13.2 Å². The minimum absolute atomic E-state index is 0.0511. The van der Waals surface area contributed by atoms with Crippen molar-refractivity contribution in [1.82, 2.24) is 5.32 Å². The molecule has 1 aliphatic carbocycles. The van der Waals surface area contributed by atoms with E-state index in [1.165, 1.54) is 12.8 Å². The molecule has 0 heterocycles. The normalized spacial score (nSPS) is 19.1. The molecule has 1 saturated carbocycles. The van der Waals surface area contributed by atoms with Crippen molar-refractivity contribution in [2.45, 2.75) is 52.2 Å². The maximum Gasteiger partial charge on any atom is 0.248 e. The van der Waals surface area contributed by atoms with E-state index in [1.54, 1.807) is 6.92 Å². The van der Waals surface area contributed by atoms with Crippen LogP contribution in [0.3, 0.4) is 0 Å². The van der Waals surface area contributed by atoms with E-state index in [0.29, 0.717) is 25.0 Å². The first kappa shape index (κ1) is 14.5. The Hall–Kier alpha value is -0.610. The van der Waals surface area contributed by atoms with E-state index < -0.39 is 0 Å². The highest BCUT2D eigenvalue weighted by Gasteiger charge is 2.28. The molecule has 17 heavy (non-hydrogen) atoms. The predicted molar refractivity (Wildman–Crippen MR) is 68.6 cm³/mol. The zero-order chi connectivity index (χ0) is 12.8. The van der Waals surface area contributed by atoms with Gasteiger partial charge < -0.3 is 15.8 Å². The monoisotopic (exact) mass is 242 g/mol. The van der Waals surface area contributed by atoms with E-state index in [0.717, 1.165) is 6.42 Å². The highest BCUT2D eigenvalue weighted by molar-refractivity contribution is 5.80. The van der Waals surface area contributed by atoms with Crippen molar-refractivity contribution in [1.29, 1.82) is 0 Å². The smallest absolute Gasteiger partial charge is 0.248 e.